The number of carbonyl (C=O) groups excluding carboxylic acids is 1. The summed E-state index contributed by atoms with van der Waals surface area (Å²) in [6.45, 7) is 2.06. The average Bonchev–Trinajstić information content (AvgIpc) is 2.55. The Morgan fingerprint density at radius 3 is 2.73 bits per heavy atom. The molecule has 60 valence electrons. The molecule has 1 atom stereocenters. The van der Waals surface area contributed by atoms with E-state index in [2.05, 4.69) is 4.90 Å². The summed E-state index contributed by atoms with van der Waals surface area (Å²) in [5.74, 6) is -0.119. The monoisotopic (exact) mass is 153 g/mol. The average molecular weight is 153 g/mol. The molecule has 2 aliphatic rings. The van der Waals surface area contributed by atoms with Gasteiger partial charge in [0.2, 0.25) is 0 Å². The fourth-order valence-corrected chi connectivity index (χ4v) is 1.62. The van der Waals surface area contributed by atoms with Gasteiger partial charge < -0.3 is 4.74 Å². The van der Waals surface area contributed by atoms with Crippen molar-refractivity contribution in [1.29, 1.82) is 0 Å². The third kappa shape index (κ3) is 1.16. The van der Waals surface area contributed by atoms with Gasteiger partial charge >= 0.3 is 5.97 Å². The number of rotatable bonds is 1. The molecule has 1 saturated heterocycles. The molecule has 2 heterocycles. The molecule has 0 radical (unpaired) electrons. The quantitative estimate of drug-likeness (QED) is 0.514. The first kappa shape index (κ1) is 6.85. The first-order valence-electron chi connectivity index (χ1n) is 3.99. The molecule has 1 fully saturated rings. The Labute approximate surface area is 65.6 Å². The number of esters is 1. The molecule has 3 heteroatoms. The van der Waals surface area contributed by atoms with E-state index in [9.17, 15) is 4.79 Å². The minimum atomic E-state index is -0.119. The zero-order valence-corrected chi connectivity index (χ0v) is 6.32. The second kappa shape index (κ2) is 2.66. The Balaban J connectivity index is 2.02. The summed E-state index contributed by atoms with van der Waals surface area (Å²) in [6, 6.07) is -0.0856. The van der Waals surface area contributed by atoms with Gasteiger partial charge in [-0.25, -0.2) is 4.79 Å². The molecule has 0 N–H and O–H groups in total. The van der Waals surface area contributed by atoms with E-state index in [1.54, 1.807) is 0 Å². The number of carbonyl (C=O) groups is 1. The molecule has 1 unspecified atom stereocenters. The maximum Gasteiger partial charge on any atom is 0.332 e. The fraction of sp³-hybridized carbons (Fsp3) is 0.625. The van der Waals surface area contributed by atoms with E-state index in [-0.39, 0.29) is 12.0 Å². The van der Waals surface area contributed by atoms with Crippen LogP contribution in [0.4, 0.5) is 0 Å². The summed E-state index contributed by atoms with van der Waals surface area (Å²) in [7, 11) is 0. The van der Waals surface area contributed by atoms with Crippen LogP contribution in [0.25, 0.3) is 0 Å². The van der Waals surface area contributed by atoms with Gasteiger partial charge in [0.25, 0.3) is 0 Å². The highest BCUT2D eigenvalue weighted by Crippen LogP contribution is 2.16. The Hall–Kier alpha value is -0.830. The summed E-state index contributed by atoms with van der Waals surface area (Å²) >= 11 is 0. The van der Waals surface area contributed by atoms with Gasteiger partial charge in [0, 0.05) is 0 Å². The topological polar surface area (TPSA) is 29.5 Å². The van der Waals surface area contributed by atoms with Crippen LogP contribution in [-0.2, 0) is 9.53 Å². The van der Waals surface area contributed by atoms with Gasteiger partial charge in [-0.1, -0.05) is 0 Å². The summed E-state index contributed by atoms with van der Waals surface area (Å²) in [4.78, 5) is 13.2. The fourth-order valence-electron chi connectivity index (χ4n) is 1.62. The molecule has 0 aliphatic carbocycles. The highest BCUT2D eigenvalue weighted by molar-refractivity contribution is 5.80. The molecule has 11 heavy (non-hydrogen) atoms. The van der Waals surface area contributed by atoms with Crippen molar-refractivity contribution in [2.45, 2.75) is 18.9 Å². The van der Waals surface area contributed by atoms with Crippen LogP contribution in [0, 0.1) is 0 Å². The van der Waals surface area contributed by atoms with Gasteiger partial charge in [-0.05, 0) is 32.0 Å². The SMILES string of the molecule is O=C1OC=CC1N1CCCC1. The van der Waals surface area contributed by atoms with Crippen molar-refractivity contribution in [2.75, 3.05) is 13.1 Å². The molecule has 2 rings (SSSR count). The summed E-state index contributed by atoms with van der Waals surface area (Å²) < 4.78 is 4.72. The van der Waals surface area contributed by atoms with Gasteiger partial charge in [-0.2, -0.15) is 0 Å². The van der Waals surface area contributed by atoms with E-state index < -0.39 is 0 Å². The third-order valence-corrected chi connectivity index (χ3v) is 2.22. The van der Waals surface area contributed by atoms with Gasteiger partial charge in [-0.3, -0.25) is 4.90 Å². The van der Waals surface area contributed by atoms with Crippen LogP contribution in [0.15, 0.2) is 12.3 Å². The van der Waals surface area contributed by atoms with E-state index in [1.165, 1.54) is 19.1 Å². The maximum atomic E-state index is 11.0. The van der Waals surface area contributed by atoms with Crippen LogP contribution < -0.4 is 0 Å². The molecule has 3 nitrogen and oxygen atoms in total. The van der Waals surface area contributed by atoms with Crippen molar-refractivity contribution in [2.24, 2.45) is 0 Å². The smallest absolute Gasteiger partial charge is 0.332 e. The Kier molecular flexibility index (Phi) is 1.66. The normalized spacial score (nSPS) is 31.3. The van der Waals surface area contributed by atoms with Crippen LogP contribution in [0.3, 0.4) is 0 Å². The molecule has 0 spiro atoms. The summed E-state index contributed by atoms with van der Waals surface area (Å²) in [6.07, 6.45) is 5.73. The lowest BCUT2D eigenvalue weighted by atomic mass is 10.3. The molecule has 2 aliphatic heterocycles. The number of hydrogen-bond acceptors (Lipinski definition) is 3. The van der Waals surface area contributed by atoms with E-state index in [4.69, 9.17) is 4.74 Å². The number of ether oxygens (including phenoxy) is 1. The maximum absolute atomic E-state index is 11.0. The zero-order valence-electron chi connectivity index (χ0n) is 6.32. The summed E-state index contributed by atoms with van der Waals surface area (Å²) in [5, 5.41) is 0. The largest absolute Gasteiger partial charge is 0.433 e. The highest BCUT2D eigenvalue weighted by Gasteiger charge is 2.29. The van der Waals surface area contributed by atoms with Gasteiger partial charge in [0.1, 0.15) is 6.04 Å². The number of likely N-dealkylation sites (tertiary alicyclic amines) is 1. The van der Waals surface area contributed by atoms with Crippen molar-refractivity contribution in [3.63, 3.8) is 0 Å². The Morgan fingerprint density at radius 2 is 2.18 bits per heavy atom. The second-order valence-electron chi connectivity index (χ2n) is 2.95. The number of hydrogen-bond donors (Lipinski definition) is 0. The molecular weight excluding hydrogens is 142 g/mol. The van der Waals surface area contributed by atoms with Crippen molar-refractivity contribution < 1.29 is 9.53 Å². The van der Waals surface area contributed by atoms with Crippen LogP contribution in [0.5, 0.6) is 0 Å². The van der Waals surface area contributed by atoms with E-state index in [0.717, 1.165) is 13.1 Å². The highest BCUT2D eigenvalue weighted by atomic mass is 16.5. The van der Waals surface area contributed by atoms with Crippen molar-refractivity contribution in [3.8, 4) is 0 Å². The Bertz CT molecular complexity index is 194. The Morgan fingerprint density at radius 1 is 1.45 bits per heavy atom. The minimum Gasteiger partial charge on any atom is -0.433 e. The van der Waals surface area contributed by atoms with Gasteiger partial charge in [-0.15, -0.1) is 0 Å². The number of nitrogens with zero attached hydrogens (tertiary/aromatic N) is 1. The lowest BCUT2D eigenvalue weighted by Gasteiger charge is -2.17. The predicted molar refractivity (Wildman–Crippen MR) is 39.8 cm³/mol. The van der Waals surface area contributed by atoms with Crippen molar-refractivity contribution in [3.05, 3.63) is 12.3 Å². The van der Waals surface area contributed by atoms with Crippen LogP contribution >= 0.6 is 0 Å². The first-order chi connectivity index (χ1) is 5.38. The minimum absolute atomic E-state index is 0.0856. The van der Waals surface area contributed by atoms with Gasteiger partial charge in [0.05, 0.1) is 6.26 Å². The number of cyclic esters (lactones) is 1. The lowest BCUT2D eigenvalue weighted by molar-refractivity contribution is -0.139. The predicted octanol–water partition coefficient (Wildman–Crippen LogP) is 0.521. The van der Waals surface area contributed by atoms with Crippen LogP contribution in [0.1, 0.15) is 12.8 Å². The summed E-state index contributed by atoms with van der Waals surface area (Å²) in [5.41, 5.74) is 0. The van der Waals surface area contributed by atoms with E-state index >= 15 is 0 Å². The molecule has 0 saturated carbocycles. The molecule has 0 amide bonds. The zero-order chi connectivity index (χ0) is 7.68. The third-order valence-electron chi connectivity index (χ3n) is 2.22. The second-order valence-corrected chi connectivity index (χ2v) is 2.95. The van der Waals surface area contributed by atoms with E-state index in [0.29, 0.717) is 0 Å². The van der Waals surface area contributed by atoms with Crippen LogP contribution in [-0.4, -0.2) is 30.0 Å². The van der Waals surface area contributed by atoms with Crippen molar-refractivity contribution in [1.82, 2.24) is 4.90 Å². The first-order valence-corrected chi connectivity index (χ1v) is 3.99. The molecule has 0 aromatic heterocycles. The van der Waals surface area contributed by atoms with E-state index in [1.807, 2.05) is 6.08 Å². The standard InChI is InChI=1S/C8H11NO2/c10-8-7(3-6-11-8)9-4-1-2-5-9/h3,6-7H,1-2,4-5H2. The van der Waals surface area contributed by atoms with Gasteiger partial charge in [0.15, 0.2) is 0 Å². The van der Waals surface area contributed by atoms with Crippen molar-refractivity contribution >= 4 is 5.97 Å². The molecule has 0 bridgehead atoms. The molecule has 0 aromatic carbocycles. The molecule has 0 aromatic rings. The lowest BCUT2D eigenvalue weighted by Crippen LogP contribution is -2.35. The van der Waals surface area contributed by atoms with Crippen LogP contribution in [0.2, 0.25) is 0 Å². The molecular formula is C8H11NO2.